The molecule has 1 rings (SSSR count). The molecule has 0 aliphatic rings. The topological polar surface area (TPSA) is 29.1 Å². The van der Waals surface area contributed by atoms with Gasteiger partial charge >= 0.3 is 0 Å². The van der Waals surface area contributed by atoms with Crippen molar-refractivity contribution in [2.75, 3.05) is 6.98 Å². The smallest absolute Gasteiger partial charge is 0.252 e. The van der Waals surface area contributed by atoms with Crippen LogP contribution in [0.5, 0.6) is 0 Å². The van der Waals surface area contributed by atoms with Gasteiger partial charge in [-0.1, -0.05) is 12.1 Å². The highest BCUT2D eigenvalue weighted by Gasteiger charge is 2.04. The molecule has 0 aliphatic heterocycles. The van der Waals surface area contributed by atoms with E-state index >= 15 is 0 Å². The van der Waals surface area contributed by atoms with Crippen LogP contribution in [0.2, 0.25) is 0 Å². The van der Waals surface area contributed by atoms with Gasteiger partial charge in [-0.2, -0.15) is 0 Å². The van der Waals surface area contributed by atoms with E-state index in [1.165, 1.54) is 0 Å². The van der Waals surface area contributed by atoms with Gasteiger partial charge in [-0.25, -0.2) is 0 Å². The molecule has 0 atom stereocenters. The SMILES string of the molecule is [2H]C([2H])([2H])NC(=O)c1ccccc1Br. The monoisotopic (exact) mass is 216 g/mol. The predicted octanol–water partition coefficient (Wildman–Crippen LogP) is 1.81. The highest BCUT2D eigenvalue weighted by atomic mass is 79.9. The molecule has 1 aromatic rings. The Bertz CT molecular complexity index is 351. The molecule has 3 heteroatoms. The minimum absolute atomic E-state index is 0.309. The summed E-state index contributed by atoms with van der Waals surface area (Å²) >= 11 is 3.16. The molecule has 0 heterocycles. The Morgan fingerprint density at radius 2 is 2.36 bits per heavy atom. The fourth-order valence-electron chi connectivity index (χ4n) is 0.713. The van der Waals surface area contributed by atoms with Gasteiger partial charge in [-0.15, -0.1) is 0 Å². The Morgan fingerprint density at radius 3 is 3.00 bits per heavy atom. The second kappa shape index (κ2) is 3.53. The number of hydrogen-bond acceptors (Lipinski definition) is 1. The molecular formula is C8H8BrNO. The van der Waals surface area contributed by atoms with Crippen molar-refractivity contribution in [3.63, 3.8) is 0 Å². The van der Waals surface area contributed by atoms with Gasteiger partial charge in [0.2, 0.25) is 0 Å². The number of amides is 1. The van der Waals surface area contributed by atoms with Crippen LogP contribution in [0.4, 0.5) is 0 Å². The van der Waals surface area contributed by atoms with E-state index in [0.717, 1.165) is 0 Å². The minimum atomic E-state index is -2.45. The molecule has 0 unspecified atom stereocenters. The molecule has 1 N–H and O–H groups in total. The summed E-state index contributed by atoms with van der Waals surface area (Å²) in [6, 6.07) is 6.63. The zero-order valence-corrected chi connectivity index (χ0v) is 7.18. The molecular weight excluding hydrogens is 206 g/mol. The predicted molar refractivity (Wildman–Crippen MR) is 47.5 cm³/mol. The van der Waals surface area contributed by atoms with E-state index in [2.05, 4.69) is 15.9 Å². The first-order valence-electron chi connectivity index (χ1n) is 4.47. The van der Waals surface area contributed by atoms with E-state index in [9.17, 15) is 4.79 Å². The largest absolute Gasteiger partial charge is 0.355 e. The molecule has 11 heavy (non-hydrogen) atoms. The van der Waals surface area contributed by atoms with Gasteiger partial charge in [0.15, 0.2) is 0 Å². The third-order valence-electron chi connectivity index (χ3n) is 1.23. The molecule has 0 fully saturated rings. The highest BCUT2D eigenvalue weighted by Crippen LogP contribution is 2.14. The molecule has 0 bridgehead atoms. The maximum atomic E-state index is 11.4. The van der Waals surface area contributed by atoms with Crippen LogP contribution >= 0.6 is 15.9 Å². The van der Waals surface area contributed by atoms with Crippen LogP contribution in [0.15, 0.2) is 28.7 Å². The molecule has 0 aromatic heterocycles. The first kappa shape index (κ1) is 4.93. The van der Waals surface area contributed by atoms with Crippen LogP contribution < -0.4 is 5.32 Å². The second-order valence-electron chi connectivity index (χ2n) is 1.93. The van der Waals surface area contributed by atoms with E-state index in [0.29, 0.717) is 10.0 Å². The maximum Gasteiger partial charge on any atom is 0.252 e. The van der Waals surface area contributed by atoms with Gasteiger partial charge in [0.1, 0.15) is 0 Å². The number of carbonyl (C=O) groups is 1. The van der Waals surface area contributed by atoms with Crippen molar-refractivity contribution in [1.29, 1.82) is 0 Å². The summed E-state index contributed by atoms with van der Waals surface area (Å²) in [4.78, 5) is 11.4. The van der Waals surface area contributed by atoms with Gasteiger partial charge in [0, 0.05) is 15.6 Å². The maximum absolute atomic E-state index is 11.4. The Morgan fingerprint density at radius 1 is 1.64 bits per heavy atom. The molecule has 0 saturated heterocycles. The normalized spacial score (nSPS) is 14.5. The Balaban J connectivity index is 2.86. The first-order valence-corrected chi connectivity index (χ1v) is 3.76. The lowest BCUT2D eigenvalue weighted by Crippen LogP contribution is -2.17. The third-order valence-corrected chi connectivity index (χ3v) is 1.92. The number of rotatable bonds is 1. The Labute approximate surface area is 78.0 Å². The lowest BCUT2D eigenvalue weighted by Gasteiger charge is -2.00. The fourth-order valence-corrected chi connectivity index (χ4v) is 1.18. The number of halogens is 1. The van der Waals surface area contributed by atoms with Crippen LogP contribution in [0.3, 0.4) is 0 Å². The van der Waals surface area contributed by atoms with Gasteiger partial charge in [0.25, 0.3) is 5.91 Å². The zero-order chi connectivity index (χ0) is 10.8. The van der Waals surface area contributed by atoms with Gasteiger partial charge in [-0.05, 0) is 28.1 Å². The minimum Gasteiger partial charge on any atom is -0.355 e. The standard InChI is InChI=1S/C8H8BrNO/c1-10-8(11)6-4-2-3-5-7(6)9/h2-5H,1H3,(H,10,11)/i1D3. The second-order valence-corrected chi connectivity index (χ2v) is 2.79. The highest BCUT2D eigenvalue weighted by molar-refractivity contribution is 9.10. The fraction of sp³-hybridized carbons (Fsp3) is 0.125. The van der Waals surface area contributed by atoms with Crippen LogP contribution in [-0.4, -0.2) is 12.9 Å². The van der Waals surface area contributed by atoms with Crippen molar-refractivity contribution < 1.29 is 8.91 Å². The van der Waals surface area contributed by atoms with Crippen LogP contribution in [-0.2, 0) is 0 Å². The van der Waals surface area contributed by atoms with Crippen molar-refractivity contribution in [3.05, 3.63) is 34.3 Å². The average Bonchev–Trinajstić information content (AvgIpc) is 2.01. The summed E-state index contributed by atoms with van der Waals surface area (Å²) in [6.07, 6.45) is 0. The molecule has 0 radical (unpaired) electrons. The number of carbonyl (C=O) groups excluding carboxylic acids is 1. The van der Waals surface area contributed by atoms with E-state index < -0.39 is 12.9 Å². The number of hydrogen-bond donors (Lipinski definition) is 1. The summed E-state index contributed by atoms with van der Waals surface area (Å²) in [7, 11) is 0. The van der Waals surface area contributed by atoms with Crippen molar-refractivity contribution >= 4 is 21.8 Å². The molecule has 58 valence electrons. The summed E-state index contributed by atoms with van der Waals surface area (Å²) < 4.78 is 21.2. The van der Waals surface area contributed by atoms with Gasteiger partial charge < -0.3 is 5.32 Å². The van der Waals surface area contributed by atoms with Crippen molar-refractivity contribution in [1.82, 2.24) is 5.32 Å². The zero-order valence-electron chi connectivity index (χ0n) is 8.60. The van der Waals surface area contributed by atoms with Crippen molar-refractivity contribution in [2.45, 2.75) is 0 Å². The average molecular weight is 217 g/mol. The quantitative estimate of drug-likeness (QED) is 0.763. The third kappa shape index (κ3) is 1.80. The van der Waals surface area contributed by atoms with Crippen molar-refractivity contribution in [3.8, 4) is 0 Å². The van der Waals surface area contributed by atoms with Gasteiger partial charge in [-0.3, -0.25) is 4.79 Å². The van der Waals surface area contributed by atoms with Crippen LogP contribution in [0, 0.1) is 0 Å². The molecule has 0 saturated carbocycles. The Hall–Kier alpha value is -0.830. The summed E-state index contributed by atoms with van der Waals surface area (Å²) in [6.45, 7) is -2.45. The van der Waals surface area contributed by atoms with E-state index in [1.807, 2.05) is 5.32 Å². The van der Waals surface area contributed by atoms with E-state index in [4.69, 9.17) is 4.11 Å². The summed E-state index contributed by atoms with van der Waals surface area (Å²) in [5, 5.41) is 1.91. The first-order chi connectivity index (χ1) is 6.40. The summed E-state index contributed by atoms with van der Waals surface area (Å²) in [5.74, 6) is -0.613. The van der Waals surface area contributed by atoms with E-state index in [-0.39, 0.29) is 0 Å². The van der Waals surface area contributed by atoms with Crippen molar-refractivity contribution in [2.24, 2.45) is 0 Å². The molecule has 1 aromatic carbocycles. The number of nitrogens with one attached hydrogen (secondary N) is 1. The van der Waals surface area contributed by atoms with Crippen LogP contribution in [0.25, 0.3) is 0 Å². The summed E-state index contributed by atoms with van der Waals surface area (Å²) in [5.41, 5.74) is 0.309. The number of benzene rings is 1. The lowest BCUT2D eigenvalue weighted by atomic mass is 10.2. The Kier molecular flexibility index (Phi) is 1.58. The van der Waals surface area contributed by atoms with Crippen LogP contribution in [0.1, 0.15) is 14.5 Å². The molecule has 2 nitrogen and oxygen atoms in total. The van der Waals surface area contributed by atoms with E-state index in [1.54, 1.807) is 24.3 Å². The molecule has 1 amide bonds. The molecule has 0 aliphatic carbocycles. The lowest BCUT2D eigenvalue weighted by molar-refractivity contribution is 0.0962. The molecule has 0 spiro atoms. The van der Waals surface area contributed by atoms with Gasteiger partial charge in [0.05, 0.1) is 5.56 Å².